The molecule has 0 spiro atoms. The van der Waals surface area contributed by atoms with Gasteiger partial charge in [-0.05, 0) is 31.0 Å². The average Bonchev–Trinajstić information content (AvgIpc) is 3.09. The number of nitriles is 1. The van der Waals surface area contributed by atoms with Gasteiger partial charge >= 0.3 is 6.09 Å². The maximum atomic E-state index is 12.7. The van der Waals surface area contributed by atoms with Gasteiger partial charge in [0, 0.05) is 11.4 Å². The molecule has 0 atom stereocenters. The molecule has 4 rings (SSSR count). The van der Waals surface area contributed by atoms with Gasteiger partial charge in [-0.15, -0.1) is 11.3 Å². The molecular weight excluding hydrogens is 390 g/mol. The number of fused-ring (bicyclic) bond motifs is 2. The summed E-state index contributed by atoms with van der Waals surface area (Å²) in [5, 5.41) is 12.9. The van der Waals surface area contributed by atoms with Gasteiger partial charge in [-0.25, -0.2) is 9.78 Å². The monoisotopic (exact) mass is 407 g/mol. The first kappa shape index (κ1) is 18.8. The molecule has 3 heterocycles. The number of thiophene rings is 1. The number of rotatable bonds is 3. The first-order chi connectivity index (χ1) is 14.1. The standard InChI is InChI=1S/C20H17N5O3S/c1-2-28-20(27)25-8-7-12-13(9-21)19(29-17(12)11-25)24-18(26)16-10-22-14-5-3-4-6-15(14)23-16/h3-6,10H,2,7-8,11H2,1H3,(H,24,26). The van der Waals surface area contributed by atoms with Gasteiger partial charge in [0.2, 0.25) is 0 Å². The smallest absolute Gasteiger partial charge is 0.410 e. The summed E-state index contributed by atoms with van der Waals surface area (Å²) in [7, 11) is 0. The van der Waals surface area contributed by atoms with Crippen LogP contribution in [0.4, 0.5) is 9.80 Å². The minimum Gasteiger partial charge on any atom is -0.450 e. The molecule has 0 bridgehead atoms. The van der Waals surface area contributed by atoms with Crippen molar-refractivity contribution in [3.8, 4) is 6.07 Å². The largest absolute Gasteiger partial charge is 0.450 e. The highest BCUT2D eigenvalue weighted by Crippen LogP contribution is 2.37. The maximum Gasteiger partial charge on any atom is 0.410 e. The molecule has 1 aliphatic rings. The van der Waals surface area contributed by atoms with Crippen molar-refractivity contribution in [3.05, 3.63) is 52.2 Å². The van der Waals surface area contributed by atoms with Gasteiger partial charge in [0.15, 0.2) is 0 Å². The molecule has 1 aliphatic heterocycles. The Bertz CT molecular complexity index is 1150. The normalized spacial score (nSPS) is 12.9. The quantitative estimate of drug-likeness (QED) is 0.713. The van der Waals surface area contributed by atoms with E-state index in [0.717, 1.165) is 10.4 Å². The van der Waals surface area contributed by atoms with E-state index >= 15 is 0 Å². The van der Waals surface area contributed by atoms with E-state index in [1.165, 1.54) is 17.5 Å². The van der Waals surface area contributed by atoms with E-state index in [9.17, 15) is 14.9 Å². The van der Waals surface area contributed by atoms with E-state index in [1.54, 1.807) is 17.9 Å². The summed E-state index contributed by atoms with van der Waals surface area (Å²) in [4.78, 5) is 35.8. The van der Waals surface area contributed by atoms with Crippen molar-refractivity contribution in [2.75, 3.05) is 18.5 Å². The number of amides is 2. The second-order valence-electron chi connectivity index (χ2n) is 6.39. The predicted molar refractivity (Wildman–Crippen MR) is 108 cm³/mol. The maximum absolute atomic E-state index is 12.7. The zero-order valence-electron chi connectivity index (χ0n) is 15.6. The fraction of sp³-hybridized carbons (Fsp3) is 0.250. The van der Waals surface area contributed by atoms with Gasteiger partial charge in [0.25, 0.3) is 5.91 Å². The summed E-state index contributed by atoms with van der Waals surface area (Å²) in [6, 6.07) is 9.47. The van der Waals surface area contributed by atoms with Crippen molar-refractivity contribution in [3.63, 3.8) is 0 Å². The molecule has 1 N–H and O–H groups in total. The van der Waals surface area contributed by atoms with Crippen LogP contribution in [0.15, 0.2) is 30.5 Å². The summed E-state index contributed by atoms with van der Waals surface area (Å²) in [6.07, 6.45) is 1.58. The molecule has 0 radical (unpaired) electrons. The van der Waals surface area contributed by atoms with Crippen molar-refractivity contribution in [2.45, 2.75) is 19.9 Å². The van der Waals surface area contributed by atoms with Crippen LogP contribution < -0.4 is 5.32 Å². The van der Waals surface area contributed by atoms with Gasteiger partial charge in [0.05, 0.1) is 35.9 Å². The zero-order chi connectivity index (χ0) is 20.4. The highest BCUT2D eigenvalue weighted by molar-refractivity contribution is 7.16. The van der Waals surface area contributed by atoms with Crippen molar-refractivity contribution in [1.29, 1.82) is 5.26 Å². The number of nitrogens with zero attached hydrogens (tertiary/aromatic N) is 4. The lowest BCUT2D eigenvalue weighted by Crippen LogP contribution is -2.35. The molecule has 29 heavy (non-hydrogen) atoms. The molecule has 9 heteroatoms. The van der Waals surface area contributed by atoms with Crippen LogP contribution >= 0.6 is 11.3 Å². The minimum absolute atomic E-state index is 0.173. The van der Waals surface area contributed by atoms with Crippen molar-refractivity contribution in [1.82, 2.24) is 14.9 Å². The lowest BCUT2D eigenvalue weighted by molar-refractivity contribution is 0.101. The summed E-state index contributed by atoms with van der Waals surface area (Å²) >= 11 is 1.30. The SMILES string of the molecule is CCOC(=O)N1CCc2c(sc(NC(=O)c3cnc4ccccc4n3)c2C#N)C1. The number of nitrogens with one attached hydrogen (secondary N) is 1. The van der Waals surface area contributed by atoms with Gasteiger partial charge < -0.3 is 15.0 Å². The topological polar surface area (TPSA) is 108 Å². The molecule has 0 saturated carbocycles. The Hall–Kier alpha value is -3.51. The molecule has 0 unspecified atom stereocenters. The summed E-state index contributed by atoms with van der Waals surface area (Å²) < 4.78 is 5.06. The van der Waals surface area contributed by atoms with Gasteiger partial charge in [-0.2, -0.15) is 5.26 Å². The number of carbonyl (C=O) groups excluding carboxylic acids is 2. The van der Waals surface area contributed by atoms with Crippen LogP contribution in [0.1, 0.15) is 33.4 Å². The van der Waals surface area contributed by atoms with E-state index in [4.69, 9.17) is 4.74 Å². The van der Waals surface area contributed by atoms with E-state index in [2.05, 4.69) is 21.4 Å². The van der Waals surface area contributed by atoms with Crippen LogP contribution in [0.2, 0.25) is 0 Å². The number of aromatic nitrogens is 2. The molecule has 0 fully saturated rings. The number of benzene rings is 1. The average molecular weight is 407 g/mol. The summed E-state index contributed by atoms with van der Waals surface area (Å²) in [6.45, 7) is 2.90. The zero-order valence-corrected chi connectivity index (χ0v) is 16.5. The van der Waals surface area contributed by atoms with E-state index < -0.39 is 5.91 Å². The number of hydrogen-bond acceptors (Lipinski definition) is 7. The third kappa shape index (κ3) is 3.62. The fourth-order valence-corrected chi connectivity index (χ4v) is 4.42. The minimum atomic E-state index is -0.430. The molecule has 0 saturated heterocycles. The first-order valence-corrected chi connectivity index (χ1v) is 9.91. The van der Waals surface area contributed by atoms with E-state index in [0.29, 0.717) is 47.7 Å². The Balaban J connectivity index is 1.58. The number of anilines is 1. The lowest BCUT2D eigenvalue weighted by Gasteiger charge is -2.25. The van der Waals surface area contributed by atoms with Crippen LogP contribution in [0, 0.1) is 11.3 Å². The molecule has 2 amide bonds. The van der Waals surface area contributed by atoms with Crippen molar-refractivity contribution >= 4 is 39.4 Å². The van der Waals surface area contributed by atoms with Gasteiger partial charge in [-0.3, -0.25) is 9.78 Å². The molecule has 3 aromatic rings. The van der Waals surface area contributed by atoms with Gasteiger partial charge in [0.1, 0.15) is 16.8 Å². The fourth-order valence-electron chi connectivity index (χ4n) is 3.21. The first-order valence-electron chi connectivity index (χ1n) is 9.10. The Morgan fingerprint density at radius 3 is 2.90 bits per heavy atom. The van der Waals surface area contributed by atoms with E-state index in [-0.39, 0.29) is 11.8 Å². The second-order valence-corrected chi connectivity index (χ2v) is 7.49. The van der Waals surface area contributed by atoms with Crippen molar-refractivity contribution < 1.29 is 14.3 Å². The Morgan fingerprint density at radius 1 is 1.34 bits per heavy atom. The summed E-state index contributed by atoms with van der Waals surface area (Å²) in [5.74, 6) is -0.430. The third-order valence-corrected chi connectivity index (χ3v) is 5.74. The molecule has 1 aromatic carbocycles. The van der Waals surface area contributed by atoms with Crippen LogP contribution in [0.3, 0.4) is 0 Å². The molecule has 0 aliphatic carbocycles. The van der Waals surface area contributed by atoms with Crippen LogP contribution in [0.25, 0.3) is 11.0 Å². The highest BCUT2D eigenvalue weighted by Gasteiger charge is 2.28. The van der Waals surface area contributed by atoms with Crippen molar-refractivity contribution in [2.24, 2.45) is 0 Å². The van der Waals surface area contributed by atoms with Crippen LogP contribution in [-0.4, -0.2) is 40.0 Å². The number of para-hydroxylation sites is 2. The van der Waals surface area contributed by atoms with Gasteiger partial charge in [-0.1, -0.05) is 12.1 Å². The summed E-state index contributed by atoms with van der Waals surface area (Å²) in [5.41, 5.74) is 2.81. The highest BCUT2D eigenvalue weighted by atomic mass is 32.1. The molecule has 2 aromatic heterocycles. The number of carbonyl (C=O) groups is 2. The molecular formula is C20H17N5O3S. The van der Waals surface area contributed by atoms with Crippen LogP contribution in [-0.2, 0) is 17.7 Å². The Kier molecular flexibility index (Phi) is 5.10. The second kappa shape index (κ2) is 7.85. The van der Waals surface area contributed by atoms with Crippen LogP contribution in [0.5, 0.6) is 0 Å². The molecule has 146 valence electrons. The third-order valence-electron chi connectivity index (χ3n) is 4.60. The lowest BCUT2D eigenvalue weighted by atomic mass is 10.0. The predicted octanol–water partition coefficient (Wildman–Crippen LogP) is 3.33. The van der Waals surface area contributed by atoms with E-state index in [1.807, 2.05) is 18.2 Å². The number of ether oxygens (including phenoxy) is 1. The molecule has 8 nitrogen and oxygen atoms in total. The Morgan fingerprint density at radius 2 is 2.14 bits per heavy atom. The number of hydrogen-bond donors (Lipinski definition) is 1. The Labute approximate surface area is 170 Å².